The number of hydrogen-bond acceptors (Lipinski definition) is 6. The van der Waals surface area contributed by atoms with E-state index in [4.69, 9.17) is 14.2 Å². The number of carbonyl (C=O) groups is 1. The van der Waals surface area contributed by atoms with Gasteiger partial charge in [-0.1, -0.05) is 12.1 Å². The summed E-state index contributed by atoms with van der Waals surface area (Å²) in [6, 6.07) is 11.1. The molecule has 0 atom stereocenters. The summed E-state index contributed by atoms with van der Waals surface area (Å²) in [7, 11) is 1.61. The van der Waals surface area contributed by atoms with E-state index in [1.807, 2.05) is 37.3 Å². The maximum Gasteiger partial charge on any atom is 0.166 e. The highest BCUT2D eigenvalue weighted by Crippen LogP contribution is 2.31. The van der Waals surface area contributed by atoms with Crippen LogP contribution < -0.4 is 24.8 Å². The Hall–Kier alpha value is -2.77. The number of carbonyl (C=O) groups excluding carboxylic acids is 1. The van der Waals surface area contributed by atoms with E-state index >= 15 is 0 Å². The zero-order valence-electron chi connectivity index (χ0n) is 16.2. The predicted octanol–water partition coefficient (Wildman–Crippen LogP) is 0.616. The molecule has 2 aromatic carbocycles. The maximum absolute atomic E-state index is 11.7. The van der Waals surface area contributed by atoms with Crippen LogP contribution in [-0.4, -0.2) is 46.0 Å². The zero-order chi connectivity index (χ0) is 19.9. The van der Waals surface area contributed by atoms with Crippen molar-refractivity contribution in [2.75, 3.05) is 45.3 Å². The van der Waals surface area contributed by atoms with Gasteiger partial charge in [0, 0.05) is 23.9 Å². The van der Waals surface area contributed by atoms with Gasteiger partial charge in [0.1, 0.15) is 18.8 Å². The summed E-state index contributed by atoms with van der Waals surface area (Å²) in [5, 5.41) is 15.0. The number of rotatable bonds is 8. The highest BCUT2D eigenvalue weighted by atomic mass is 16.5. The molecule has 0 aromatic heterocycles. The molecule has 0 spiro atoms. The Labute approximate surface area is 164 Å². The van der Waals surface area contributed by atoms with Gasteiger partial charge in [-0.3, -0.25) is 4.90 Å². The molecule has 7 heteroatoms. The van der Waals surface area contributed by atoms with Crippen molar-refractivity contribution in [1.29, 1.82) is 0 Å². The number of carboxylic acid groups (broad SMARTS) is 1. The number of carboxylic acids is 1. The zero-order valence-corrected chi connectivity index (χ0v) is 16.2. The number of morpholine rings is 1. The van der Waals surface area contributed by atoms with E-state index in [0.29, 0.717) is 43.6 Å². The smallest absolute Gasteiger partial charge is 0.166 e. The van der Waals surface area contributed by atoms with Gasteiger partial charge in [0.2, 0.25) is 0 Å². The third kappa shape index (κ3) is 4.55. The minimum absolute atomic E-state index is 0.206. The topological polar surface area (TPSA) is 84.3 Å². The van der Waals surface area contributed by atoms with Crippen LogP contribution in [0.3, 0.4) is 0 Å². The number of quaternary nitrogens is 1. The van der Waals surface area contributed by atoms with Crippen molar-refractivity contribution in [2.45, 2.75) is 13.5 Å². The van der Waals surface area contributed by atoms with Crippen molar-refractivity contribution >= 4 is 17.3 Å². The van der Waals surface area contributed by atoms with Crippen molar-refractivity contribution in [2.24, 2.45) is 0 Å². The molecule has 0 aliphatic carbocycles. The van der Waals surface area contributed by atoms with Crippen molar-refractivity contribution in [3.63, 3.8) is 0 Å². The minimum atomic E-state index is -1.17. The Morgan fingerprint density at radius 1 is 1.25 bits per heavy atom. The second kappa shape index (κ2) is 9.43. The van der Waals surface area contributed by atoms with Crippen LogP contribution in [0.15, 0.2) is 36.4 Å². The lowest BCUT2D eigenvalue weighted by Gasteiger charge is -2.26. The molecule has 7 nitrogen and oxygen atoms in total. The number of anilines is 1. The first-order chi connectivity index (χ1) is 13.6. The van der Waals surface area contributed by atoms with Crippen molar-refractivity contribution in [3.05, 3.63) is 47.5 Å². The molecule has 1 fully saturated rings. The van der Waals surface area contributed by atoms with Gasteiger partial charge in [-0.2, -0.15) is 0 Å². The summed E-state index contributed by atoms with van der Waals surface area (Å²) in [6.45, 7) is 5.66. The van der Waals surface area contributed by atoms with Crippen LogP contribution >= 0.6 is 0 Å². The second-order valence-electron chi connectivity index (χ2n) is 6.50. The molecule has 0 bridgehead atoms. The summed E-state index contributed by atoms with van der Waals surface area (Å²) in [5.74, 6) is 0.186. The fourth-order valence-electron chi connectivity index (χ4n) is 3.39. The normalized spacial score (nSPS) is 14.5. The lowest BCUT2D eigenvalue weighted by Crippen LogP contribution is -3.09. The van der Waals surface area contributed by atoms with Crippen LogP contribution in [0.5, 0.6) is 11.5 Å². The molecule has 150 valence electrons. The highest BCUT2D eigenvalue weighted by molar-refractivity contribution is 5.92. The van der Waals surface area contributed by atoms with E-state index < -0.39 is 5.97 Å². The molecule has 0 unspecified atom stereocenters. The molecule has 1 heterocycles. The van der Waals surface area contributed by atoms with Crippen LogP contribution in [0.4, 0.5) is 11.4 Å². The Balaban J connectivity index is 1.80. The number of benzene rings is 2. The summed E-state index contributed by atoms with van der Waals surface area (Å²) in [4.78, 5) is 12.8. The van der Waals surface area contributed by atoms with Gasteiger partial charge in [0.05, 0.1) is 38.5 Å². The summed E-state index contributed by atoms with van der Waals surface area (Å²) >= 11 is 0. The van der Waals surface area contributed by atoms with Gasteiger partial charge < -0.3 is 29.4 Å². The fraction of sp³-hybridized carbons (Fsp3) is 0.381. The molecular formula is C21H26N2O5. The molecule has 2 N–H and O–H groups in total. The van der Waals surface area contributed by atoms with Gasteiger partial charge in [0.15, 0.2) is 11.5 Å². The number of methoxy groups -OCH3 is 1. The van der Waals surface area contributed by atoms with Crippen molar-refractivity contribution < 1.29 is 29.0 Å². The molecule has 1 saturated heterocycles. The number of para-hydroxylation sites is 1. The van der Waals surface area contributed by atoms with Crippen molar-refractivity contribution in [1.82, 2.24) is 0 Å². The number of hydrogen-bond donors (Lipinski definition) is 2. The van der Waals surface area contributed by atoms with Gasteiger partial charge in [-0.25, -0.2) is 0 Å². The molecule has 0 saturated carbocycles. The monoisotopic (exact) mass is 386 g/mol. The van der Waals surface area contributed by atoms with E-state index in [1.165, 1.54) is 0 Å². The van der Waals surface area contributed by atoms with Crippen LogP contribution in [0, 0.1) is 0 Å². The predicted molar refractivity (Wildman–Crippen MR) is 103 cm³/mol. The first kappa shape index (κ1) is 20.0. The average Bonchev–Trinajstić information content (AvgIpc) is 2.73. The van der Waals surface area contributed by atoms with Gasteiger partial charge in [-0.05, 0) is 25.1 Å². The Morgan fingerprint density at radius 2 is 2.04 bits per heavy atom. The third-order valence-electron chi connectivity index (χ3n) is 4.77. The lowest BCUT2D eigenvalue weighted by molar-refractivity contribution is -0.842. The molecule has 0 amide bonds. The lowest BCUT2D eigenvalue weighted by atomic mass is 10.1. The van der Waals surface area contributed by atoms with Gasteiger partial charge in [0.25, 0.3) is 0 Å². The Kier molecular flexibility index (Phi) is 6.73. The average molecular weight is 386 g/mol. The number of ether oxygens (including phenoxy) is 3. The molecule has 2 aromatic rings. The largest absolute Gasteiger partial charge is 0.545 e. The van der Waals surface area contributed by atoms with Crippen molar-refractivity contribution in [3.8, 4) is 11.5 Å². The second-order valence-corrected chi connectivity index (χ2v) is 6.50. The van der Waals surface area contributed by atoms with Crippen LogP contribution in [0.2, 0.25) is 0 Å². The van der Waals surface area contributed by atoms with Crippen LogP contribution in [0.25, 0.3) is 0 Å². The molecule has 28 heavy (non-hydrogen) atoms. The molecular weight excluding hydrogens is 360 g/mol. The number of nitrogens with one attached hydrogen (secondary N) is 2. The highest BCUT2D eigenvalue weighted by Gasteiger charge is 2.21. The summed E-state index contributed by atoms with van der Waals surface area (Å²) < 4.78 is 16.5. The number of aromatic carboxylic acids is 1. The fourth-order valence-corrected chi connectivity index (χ4v) is 3.39. The van der Waals surface area contributed by atoms with Crippen LogP contribution in [-0.2, 0) is 11.3 Å². The van der Waals surface area contributed by atoms with Gasteiger partial charge in [-0.15, -0.1) is 0 Å². The van der Waals surface area contributed by atoms with Crippen LogP contribution in [0.1, 0.15) is 22.8 Å². The van der Waals surface area contributed by atoms with E-state index in [0.717, 1.165) is 29.2 Å². The minimum Gasteiger partial charge on any atom is -0.545 e. The maximum atomic E-state index is 11.7. The first-order valence-corrected chi connectivity index (χ1v) is 9.44. The van der Waals surface area contributed by atoms with E-state index in [2.05, 4.69) is 5.32 Å². The summed E-state index contributed by atoms with van der Waals surface area (Å²) in [6.07, 6.45) is 0. The molecule has 1 aliphatic heterocycles. The van der Waals surface area contributed by atoms with E-state index in [1.54, 1.807) is 13.2 Å². The Morgan fingerprint density at radius 3 is 2.71 bits per heavy atom. The molecule has 3 rings (SSSR count). The summed E-state index contributed by atoms with van der Waals surface area (Å²) in [5.41, 5.74) is 2.59. The standard InChI is InChI=1S/C21H26N2O5/c1-3-28-20-15(5-4-6-19(20)26-2)14-22-16-7-8-18(17(13-16)21(24)25)23-9-11-27-12-10-23/h4-8,13,22H,3,9-12,14H2,1-2H3,(H,24,25). The quantitative estimate of drug-likeness (QED) is 0.692. The van der Waals surface area contributed by atoms with Gasteiger partial charge >= 0.3 is 0 Å². The third-order valence-corrected chi connectivity index (χ3v) is 4.77. The molecule has 1 aliphatic rings. The van der Waals surface area contributed by atoms with E-state index in [9.17, 15) is 9.90 Å². The SMILES string of the molecule is CCOc1c(CNc2ccc([NH+]3CCOCC3)c(C(=O)[O-])c2)cccc1OC. The Bertz CT molecular complexity index is 818. The molecule has 0 radical (unpaired) electrons. The first-order valence-electron chi connectivity index (χ1n) is 9.44. The van der Waals surface area contributed by atoms with E-state index in [-0.39, 0.29) is 5.56 Å².